The van der Waals surface area contributed by atoms with Crippen LogP contribution in [0.2, 0.25) is 0 Å². The van der Waals surface area contributed by atoms with Crippen molar-refractivity contribution in [2.24, 2.45) is 7.05 Å². The fourth-order valence-electron chi connectivity index (χ4n) is 1.60. The fraction of sp³-hybridized carbons (Fsp3) is 0.333. The highest BCUT2D eigenvalue weighted by Gasteiger charge is 2.11. The molecule has 0 amide bonds. The number of aromatic nitrogens is 3. The van der Waals surface area contributed by atoms with Crippen LogP contribution in [0.25, 0.3) is 0 Å². The van der Waals surface area contributed by atoms with Crippen LogP contribution in [0.15, 0.2) is 24.5 Å². The predicted molar refractivity (Wildman–Crippen MR) is 64.3 cm³/mol. The summed E-state index contributed by atoms with van der Waals surface area (Å²) in [6.07, 6.45) is 1.47. The van der Waals surface area contributed by atoms with Crippen LogP contribution in [-0.2, 0) is 20.3 Å². The summed E-state index contributed by atoms with van der Waals surface area (Å²) in [5.74, 6) is 1.82. The molecule has 0 unspecified atom stereocenters. The zero-order valence-electron chi connectivity index (χ0n) is 10.3. The summed E-state index contributed by atoms with van der Waals surface area (Å²) in [6.45, 7) is 0.162. The van der Waals surface area contributed by atoms with Crippen molar-refractivity contribution in [2.45, 2.75) is 13.2 Å². The van der Waals surface area contributed by atoms with Crippen LogP contribution in [0.3, 0.4) is 0 Å². The zero-order valence-corrected chi connectivity index (χ0v) is 10.3. The Morgan fingerprint density at radius 3 is 2.83 bits per heavy atom. The van der Waals surface area contributed by atoms with Crippen LogP contribution >= 0.6 is 0 Å². The Bertz CT molecular complexity index is 503. The highest BCUT2D eigenvalue weighted by molar-refractivity contribution is 5.46. The average Bonchev–Trinajstić information content (AvgIpc) is 2.81. The molecular weight excluding hydrogens is 234 g/mol. The van der Waals surface area contributed by atoms with Crippen LogP contribution in [0.4, 0.5) is 0 Å². The number of hydrogen-bond acceptors (Lipinski definition) is 5. The number of methoxy groups -OCH3 is 1. The van der Waals surface area contributed by atoms with Gasteiger partial charge in [0.1, 0.15) is 12.9 Å². The van der Waals surface area contributed by atoms with Gasteiger partial charge in [0.15, 0.2) is 17.3 Å². The van der Waals surface area contributed by atoms with Crippen molar-refractivity contribution >= 4 is 0 Å². The van der Waals surface area contributed by atoms with Crippen LogP contribution in [0.1, 0.15) is 11.4 Å². The highest BCUT2D eigenvalue weighted by Crippen LogP contribution is 2.31. The van der Waals surface area contributed by atoms with Crippen LogP contribution in [0, 0.1) is 0 Å². The molecule has 18 heavy (non-hydrogen) atoms. The third kappa shape index (κ3) is 2.43. The van der Waals surface area contributed by atoms with Crippen molar-refractivity contribution in [2.75, 3.05) is 7.11 Å². The van der Waals surface area contributed by atoms with E-state index in [1.807, 2.05) is 0 Å². The predicted octanol–water partition coefficient (Wildman–Crippen LogP) is 0.895. The minimum atomic E-state index is -0.106. The number of aliphatic hydroxyl groups excluding tert-OH is 1. The van der Waals surface area contributed by atoms with Crippen LogP contribution in [-0.4, -0.2) is 27.0 Å². The Kier molecular flexibility index (Phi) is 3.78. The van der Waals surface area contributed by atoms with Crippen molar-refractivity contribution < 1.29 is 14.6 Å². The Morgan fingerprint density at radius 2 is 2.22 bits per heavy atom. The summed E-state index contributed by atoms with van der Waals surface area (Å²) in [5.41, 5.74) is 0.677. The summed E-state index contributed by atoms with van der Waals surface area (Å²) in [4.78, 5) is 4.07. The Labute approximate surface area is 105 Å². The number of nitrogens with zero attached hydrogens (tertiary/aromatic N) is 3. The topological polar surface area (TPSA) is 69.4 Å². The molecule has 0 spiro atoms. The minimum Gasteiger partial charge on any atom is -0.493 e. The lowest BCUT2D eigenvalue weighted by Gasteiger charge is -2.13. The van der Waals surface area contributed by atoms with Gasteiger partial charge in [0.05, 0.1) is 13.7 Å². The maximum absolute atomic E-state index is 9.28. The first kappa shape index (κ1) is 12.4. The van der Waals surface area contributed by atoms with E-state index in [0.29, 0.717) is 22.9 Å². The van der Waals surface area contributed by atoms with Gasteiger partial charge in [-0.2, -0.15) is 5.10 Å². The molecule has 0 bridgehead atoms. The van der Waals surface area contributed by atoms with E-state index in [2.05, 4.69) is 10.1 Å². The number of aryl methyl sites for hydroxylation is 1. The molecule has 0 atom stereocenters. The van der Waals surface area contributed by atoms with E-state index in [-0.39, 0.29) is 13.2 Å². The Balaban J connectivity index is 2.20. The molecule has 2 rings (SSSR count). The molecule has 6 nitrogen and oxygen atoms in total. The number of rotatable bonds is 5. The van der Waals surface area contributed by atoms with E-state index in [1.165, 1.54) is 6.33 Å². The van der Waals surface area contributed by atoms with Crippen molar-refractivity contribution in [3.8, 4) is 11.5 Å². The zero-order chi connectivity index (χ0) is 13.0. The molecule has 0 aliphatic rings. The molecular formula is C12H15N3O3. The first-order chi connectivity index (χ1) is 8.76. The molecule has 1 aromatic heterocycles. The van der Waals surface area contributed by atoms with Crippen molar-refractivity contribution in [1.29, 1.82) is 0 Å². The monoisotopic (exact) mass is 249 g/mol. The second-order valence-electron chi connectivity index (χ2n) is 3.70. The maximum Gasteiger partial charge on any atom is 0.167 e. The lowest BCUT2D eigenvalue weighted by Crippen LogP contribution is -2.06. The third-order valence-electron chi connectivity index (χ3n) is 2.60. The first-order valence-corrected chi connectivity index (χ1v) is 5.48. The third-order valence-corrected chi connectivity index (χ3v) is 2.60. The van der Waals surface area contributed by atoms with Gasteiger partial charge in [0.25, 0.3) is 0 Å². The van der Waals surface area contributed by atoms with E-state index < -0.39 is 0 Å². The Hall–Kier alpha value is -2.08. The van der Waals surface area contributed by atoms with Crippen molar-refractivity contribution in [1.82, 2.24) is 14.8 Å². The quantitative estimate of drug-likeness (QED) is 0.852. The summed E-state index contributed by atoms with van der Waals surface area (Å²) >= 11 is 0. The van der Waals surface area contributed by atoms with Crippen LogP contribution in [0.5, 0.6) is 11.5 Å². The Morgan fingerprint density at radius 1 is 1.39 bits per heavy atom. The normalized spacial score (nSPS) is 10.4. The summed E-state index contributed by atoms with van der Waals surface area (Å²) in [6, 6.07) is 5.37. The smallest absolute Gasteiger partial charge is 0.167 e. The largest absolute Gasteiger partial charge is 0.493 e. The van der Waals surface area contributed by atoms with E-state index in [0.717, 1.165) is 0 Å². The van der Waals surface area contributed by atoms with Gasteiger partial charge >= 0.3 is 0 Å². The first-order valence-electron chi connectivity index (χ1n) is 5.48. The number of ether oxygens (including phenoxy) is 2. The number of para-hydroxylation sites is 1. The van der Waals surface area contributed by atoms with E-state index in [4.69, 9.17) is 9.47 Å². The molecule has 6 heteroatoms. The summed E-state index contributed by atoms with van der Waals surface area (Å²) < 4.78 is 12.5. The number of aliphatic hydroxyl groups is 1. The number of hydrogen-bond donors (Lipinski definition) is 1. The molecule has 1 aromatic carbocycles. The van der Waals surface area contributed by atoms with Crippen molar-refractivity contribution in [3.05, 3.63) is 35.9 Å². The summed E-state index contributed by atoms with van der Waals surface area (Å²) in [7, 11) is 3.35. The number of benzene rings is 1. The van der Waals surface area contributed by atoms with Gasteiger partial charge in [-0.1, -0.05) is 12.1 Å². The average molecular weight is 249 g/mol. The maximum atomic E-state index is 9.28. The second-order valence-corrected chi connectivity index (χ2v) is 3.70. The van der Waals surface area contributed by atoms with Crippen molar-refractivity contribution in [3.63, 3.8) is 0 Å². The molecule has 96 valence electrons. The fourth-order valence-corrected chi connectivity index (χ4v) is 1.60. The lowest BCUT2D eigenvalue weighted by molar-refractivity contribution is 0.243. The van der Waals surface area contributed by atoms with E-state index in [9.17, 15) is 5.11 Å². The molecule has 0 saturated carbocycles. The van der Waals surface area contributed by atoms with E-state index >= 15 is 0 Å². The molecule has 1 N–H and O–H groups in total. The molecule has 0 aliphatic heterocycles. The van der Waals surface area contributed by atoms with Gasteiger partial charge in [-0.15, -0.1) is 0 Å². The van der Waals surface area contributed by atoms with Gasteiger partial charge in [-0.25, -0.2) is 4.98 Å². The summed E-state index contributed by atoms with van der Waals surface area (Å²) in [5, 5.41) is 13.2. The molecule has 0 saturated heterocycles. The van der Waals surface area contributed by atoms with Gasteiger partial charge in [-0.05, 0) is 6.07 Å². The molecule has 0 fully saturated rings. The van der Waals surface area contributed by atoms with Gasteiger partial charge < -0.3 is 14.6 Å². The highest BCUT2D eigenvalue weighted by atomic mass is 16.5. The molecule has 0 aliphatic carbocycles. The van der Waals surface area contributed by atoms with Gasteiger partial charge in [0, 0.05) is 12.6 Å². The van der Waals surface area contributed by atoms with E-state index in [1.54, 1.807) is 37.0 Å². The molecule has 1 heterocycles. The molecule has 0 radical (unpaired) electrons. The second kappa shape index (κ2) is 5.50. The standard InChI is InChI=1S/C12H15N3O3/c1-15-11(13-8-14-15)7-18-12-9(6-16)4-3-5-10(12)17-2/h3-5,8,16H,6-7H2,1-2H3. The molecule has 2 aromatic rings. The lowest BCUT2D eigenvalue weighted by atomic mass is 10.2. The minimum absolute atomic E-state index is 0.106. The van der Waals surface area contributed by atoms with Gasteiger partial charge in [-0.3, -0.25) is 4.68 Å². The van der Waals surface area contributed by atoms with Gasteiger partial charge in [0.2, 0.25) is 0 Å². The SMILES string of the molecule is COc1cccc(CO)c1OCc1ncnn1C. The van der Waals surface area contributed by atoms with Crippen LogP contribution < -0.4 is 9.47 Å².